The van der Waals surface area contributed by atoms with Crippen LogP contribution in [0.25, 0.3) is 11.0 Å². The van der Waals surface area contributed by atoms with Gasteiger partial charge in [-0.1, -0.05) is 48.5 Å². The number of benzene rings is 2. The molecule has 1 saturated heterocycles. The lowest BCUT2D eigenvalue weighted by molar-refractivity contribution is 0.157. The van der Waals surface area contributed by atoms with Crippen molar-refractivity contribution in [3.05, 3.63) is 88.6 Å². The lowest BCUT2D eigenvalue weighted by Gasteiger charge is -2.32. The van der Waals surface area contributed by atoms with Crippen molar-refractivity contribution < 1.29 is 9.15 Å². The van der Waals surface area contributed by atoms with Crippen molar-refractivity contribution in [1.82, 2.24) is 4.90 Å². The largest absolute Gasteiger partial charge is 0.464 e. The van der Waals surface area contributed by atoms with E-state index in [4.69, 9.17) is 9.15 Å². The first-order chi connectivity index (χ1) is 14.2. The molecular formula is C25H27NO3. The summed E-state index contributed by atoms with van der Waals surface area (Å²) in [6.45, 7) is 7.24. The van der Waals surface area contributed by atoms with Gasteiger partial charge < -0.3 is 9.15 Å². The number of piperidine rings is 1. The highest BCUT2D eigenvalue weighted by Gasteiger charge is 2.20. The van der Waals surface area contributed by atoms with Crippen LogP contribution in [0.5, 0.6) is 5.95 Å². The Balaban J connectivity index is 1.34. The van der Waals surface area contributed by atoms with Gasteiger partial charge in [0.15, 0.2) is 5.43 Å². The summed E-state index contributed by atoms with van der Waals surface area (Å²) < 4.78 is 11.7. The molecule has 3 aromatic rings. The number of allylic oxidation sites excluding steroid dienone is 1. The van der Waals surface area contributed by atoms with E-state index >= 15 is 0 Å². The topological polar surface area (TPSA) is 42.7 Å². The van der Waals surface area contributed by atoms with E-state index in [1.54, 1.807) is 12.1 Å². The van der Waals surface area contributed by atoms with Crippen LogP contribution in [0.2, 0.25) is 0 Å². The first-order valence-electron chi connectivity index (χ1n) is 10.3. The van der Waals surface area contributed by atoms with Crippen molar-refractivity contribution >= 4 is 11.0 Å². The molecule has 0 unspecified atom stereocenters. The molecule has 2 heterocycles. The number of fused-ring (bicyclic) bond motifs is 1. The van der Waals surface area contributed by atoms with E-state index in [2.05, 4.69) is 41.8 Å². The Bertz CT molecular complexity index is 1020. The molecule has 1 aliphatic heterocycles. The molecule has 0 N–H and O–H groups in total. The van der Waals surface area contributed by atoms with E-state index in [0.717, 1.165) is 25.2 Å². The van der Waals surface area contributed by atoms with Crippen molar-refractivity contribution in [1.29, 1.82) is 0 Å². The number of nitrogens with zero attached hydrogens (tertiary/aromatic N) is 1. The molecule has 0 radical (unpaired) electrons. The molecule has 4 nitrogen and oxygen atoms in total. The predicted molar refractivity (Wildman–Crippen MR) is 117 cm³/mol. The summed E-state index contributed by atoms with van der Waals surface area (Å²) in [4.78, 5) is 14.8. The fourth-order valence-electron chi connectivity index (χ4n) is 4.09. The minimum Gasteiger partial charge on any atom is -0.464 e. The van der Waals surface area contributed by atoms with E-state index in [9.17, 15) is 4.79 Å². The number of hydrogen-bond acceptors (Lipinski definition) is 4. The Morgan fingerprint density at radius 3 is 2.66 bits per heavy atom. The second kappa shape index (κ2) is 9.10. The zero-order chi connectivity index (χ0) is 20.1. The van der Waals surface area contributed by atoms with Gasteiger partial charge in [0.05, 0.1) is 11.5 Å². The molecule has 0 spiro atoms. The monoisotopic (exact) mass is 389 g/mol. The number of rotatable bonds is 7. The molecule has 0 amide bonds. The van der Waals surface area contributed by atoms with Gasteiger partial charge >= 0.3 is 0 Å². The van der Waals surface area contributed by atoms with Gasteiger partial charge in [0.25, 0.3) is 5.95 Å². The van der Waals surface area contributed by atoms with Crippen LogP contribution in [0.3, 0.4) is 0 Å². The number of hydrogen-bond donors (Lipinski definition) is 0. The molecule has 4 heteroatoms. The Morgan fingerprint density at radius 1 is 1.10 bits per heavy atom. The number of likely N-dealkylation sites (tertiary alicyclic amines) is 1. The minimum atomic E-state index is -0.0733. The molecule has 1 aliphatic rings. The molecule has 1 fully saturated rings. The lowest BCUT2D eigenvalue weighted by atomic mass is 9.89. The van der Waals surface area contributed by atoms with Gasteiger partial charge in [-0.05, 0) is 55.5 Å². The first-order valence-corrected chi connectivity index (χ1v) is 10.3. The van der Waals surface area contributed by atoms with Gasteiger partial charge in [-0.15, -0.1) is 6.58 Å². The number of ether oxygens (including phenoxy) is 1. The lowest BCUT2D eigenvalue weighted by Crippen LogP contribution is -2.35. The Hall–Kier alpha value is -2.85. The smallest absolute Gasteiger partial charge is 0.288 e. The fraction of sp³-hybridized carbons (Fsp3) is 0.320. The van der Waals surface area contributed by atoms with Gasteiger partial charge in [-0.2, -0.15) is 0 Å². The van der Waals surface area contributed by atoms with E-state index in [1.165, 1.54) is 24.5 Å². The maximum absolute atomic E-state index is 12.4. The maximum Gasteiger partial charge on any atom is 0.288 e. The molecule has 0 saturated carbocycles. The SMILES string of the molecule is C=CCc1cccc2c(=O)cc(OCCN3CCC(c4ccccc4)CC3)oc12. The Labute approximate surface area is 171 Å². The van der Waals surface area contributed by atoms with E-state index < -0.39 is 0 Å². The zero-order valence-corrected chi connectivity index (χ0v) is 16.7. The van der Waals surface area contributed by atoms with Gasteiger partial charge in [0.2, 0.25) is 0 Å². The molecule has 0 aliphatic carbocycles. The first kappa shape index (κ1) is 19.5. The van der Waals surface area contributed by atoms with Crippen molar-refractivity contribution in [2.75, 3.05) is 26.2 Å². The van der Waals surface area contributed by atoms with Crippen LogP contribution >= 0.6 is 0 Å². The van der Waals surface area contributed by atoms with Crippen LogP contribution in [0.1, 0.15) is 29.9 Å². The molecular weight excluding hydrogens is 362 g/mol. The normalized spacial score (nSPS) is 15.4. The third-order valence-corrected chi connectivity index (χ3v) is 5.69. The van der Waals surface area contributed by atoms with Gasteiger partial charge in [-0.25, -0.2) is 0 Å². The third-order valence-electron chi connectivity index (χ3n) is 5.69. The van der Waals surface area contributed by atoms with E-state index in [0.29, 0.717) is 29.9 Å². The van der Waals surface area contributed by atoms with Crippen LogP contribution in [0.4, 0.5) is 0 Å². The zero-order valence-electron chi connectivity index (χ0n) is 16.7. The summed E-state index contributed by atoms with van der Waals surface area (Å²) in [6.07, 6.45) is 4.79. The predicted octanol–water partition coefficient (Wildman–Crippen LogP) is 4.78. The van der Waals surface area contributed by atoms with Crippen LogP contribution in [0.15, 0.2) is 76.5 Å². The summed E-state index contributed by atoms with van der Waals surface area (Å²) in [5.74, 6) is 0.938. The van der Waals surface area contributed by atoms with Crippen molar-refractivity contribution in [2.24, 2.45) is 0 Å². The minimum absolute atomic E-state index is 0.0733. The summed E-state index contributed by atoms with van der Waals surface area (Å²) in [5.41, 5.74) is 2.91. The summed E-state index contributed by atoms with van der Waals surface area (Å²) in [6, 6.07) is 17.8. The van der Waals surface area contributed by atoms with Crippen LogP contribution in [-0.2, 0) is 6.42 Å². The van der Waals surface area contributed by atoms with E-state index in [-0.39, 0.29) is 11.4 Å². The quantitative estimate of drug-likeness (QED) is 0.546. The molecule has 0 bridgehead atoms. The molecule has 1 aromatic heterocycles. The Morgan fingerprint density at radius 2 is 1.90 bits per heavy atom. The molecule has 0 atom stereocenters. The second-order valence-electron chi connectivity index (χ2n) is 7.59. The maximum atomic E-state index is 12.4. The van der Waals surface area contributed by atoms with Crippen molar-refractivity contribution in [3.8, 4) is 5.95 Å². The highest BCUT2D eigenvalue weighted by atomic mass is 16.6. The van der Waals surface area contributed by atoms with Crippen LogP contribution in [0, 0.1) is 0 Å². The van der Waals surface area contributed by atoms with Gasteiger partial charge in [-0.3, -0.25) is 9.69 Å². The standard InChI is InChI=1S/C25H27NO3/c1-2-7-21-10-6-11-22-23(27)18-24(29-25(21)22)28-17-16-26-14-12-20(13-15-26)19-8-4-3-5-9-19/h2-6,8-11,18,20H,1,7,12-17H2. The Kier molecular flexibility index (Phi) is 6.11. The average Bonchev–Trinajstić information content (AvgIpc) is 2.76. The third kappa shape index (κ3) is 4.60. The summed E-state index contributed by atoms with van der Waals surface area (Å²) in [5, 5.41) is 0.583. The van der Waals surface area contributed by atoms with Gasteiger partial charge in [0.1, 0.15) is 12.2 Å². The van der Waals surface area contributed by atoms with Crippen molar-refractivity contribution in [2.45, 2.75) is 25.2 Å². The second-order valence-corrected chi connectivity index (χ2v) is 7.59. The van der Waals surface area contributed by atoms with Crippen LogP contribution < -0.4 is 10.2 Å². The molecule has 150 valence electrons. The van der Waals surface area contributed by atoms with Crippen LogP contribution in [-0.4, -0.2) is 31.1 Å². The fourth-order valence-corrected chi connectivity index (χ4v) is 4.09. The summed E-state index contributed by atoms with van der Waals surface area (Å²) >= 11 is 0. The molecule has 2 aromatic carbocycles. The molecule has 4 rings (SSSR count). The molecule has 29 heavy (non-hydrogen) atoms. The van der Waals surface area contributed by atoms with Crippen molar-refractivity contribution in [3.63, 3.8) is 0 Å². The highest BCUT2D eigenvalue weighted by Crippen LogP contribution is 2.27. The summed E-state index contributed by atoms with van der Waals surface area (Å²) in [7, 11) is 0. The average molecular weight is 389 g/mol. The van der Waals surface area contributed by atoms with Gasteiger partial charge in [0, 0.05) is 6.54 Å². The highest BCUT2D eigenvalue weighted by molar-refractivity contribution is 5.80. The number of para-hydroxylation sites is 1. The van der Waals surface area contributed by atoms with E-state index in [1.807, 2.05) is 12.1 Å².